The van der Waals surface area contributed by atoms with Crippen molar-refractivity contribution < 1.29 is 94.4 Å². The van der Waals surface area contributed by atoms with Gasteiger partial charge in [0.2, 0.25) is 0 Å². The average molecular weight is 210 g/mol. The van der Waals surface area contributed by atoms with E-state index < -0.39 is 0 Å². The van der Waals surface area contributed by atoms with Crippen LogP contribution < -0.4 is 51.4 Å². The van der Waals surface area contributed by atoms with Gasteiger partial charge in [0.05, 0.1) is 0 Å². The van der Waals surface area contributed by atoms with Gasteiger partial charge in [0.15, 0.2) is 0 Å². The van der Waals surface area contributed by atoms with Crippen molar-refractivity contribution in [2.24, 2.45) is 0 Å². The third-order valence-electron chi connectivity index (χ3n) is 0. The molecule has 0 unspecified atom stereocenters. The normalized spacial score (nSPS) is 0. The Morgan fingerprint density at radius 2 is 1.00 bits per heavy atom. The summed E-state index contributed by atoms with van der Waals surface area (Å²) in [5.41, 5.74) is 0. The van der Waals surface area contributed by atoms with Gasteiger partial charge in [-0.05, 0) is 0 Å². The number of rotatable bonds is 0. The van der Waals surface area contributed by atoms with E-state index in [2.05, 4.69) is 0 Å². The molecule has 0 aliphatic heterocycles. The molecule has 0 spiro atoms. The van der Waals surface area contributed by atoms with Gasteiger partial charge in [-0.2, -0.15) is 0 Å². The zero-order valence-electron chi connectivity index (χ0n) is 2.13. The summed E-state index contributed by atoms with van der Waals surface area (Å²) in [6.07, 6.45) is 0. The van der Waals surface area contributed by atoms with Crippen molar-refractivity contribution in [3.8, 4) is 0 Å². The van der Waals surface area contributed by atoms with Gasteiger partial charge in [-0.1, -0.05) is 0 Å². The van der Waals surface area contributed by atoms with Gasteiger partial charge in [0.1, 0.15) is 0 Å². The van der Waals surface area contributed by atoms with Gasteiger partial charge < -0.3 is 5.48 Å². The SMILES string of the molecule is [K+].[Mo+4].[Ni+2].[O-2]. The van der Waals surface area contributed by atoms with E-state index in [1.165, 1.54) is 0 Å². The molecule has 1 nitrogen and oxygen atoms in total. The second-order valence-electron chi connectivity index (χ2n) is 0. The first-order valence-corrected chi connectivity index (χ1v) is 0. The molecular formula is KMoNiO+5. The summed E-state index contributed by atoms with van der Waals surface area (Å²) in [6, 6.07) is 0. The Balaban J connectivity index is 0. The minimum Gasteiger partial charge on any atom is -2.00 e. The van der Waals surface area contributed by atoms with E-state index in [1.54, 1.807) is 0 Å². The molecule has 0 rings (SSSR count). The molecule has 4 heavy (non-hydrogen) atoms. The maximum atomic E-state index is 0. The van der Waals surface area contributed by atoms with E-state index in [0.717, 1.165) is 0 Å². The van der Waals surface area contributed by atoms with Crippen LogP contribution in [0, 0.1) is 0 Å². The van der Waals surface area contributed by atoms with Crippen LogP contribution in [0.25, 0.3) is 0 Å². The fourth-order valence-electron chi connectivity index (χ4n) is 0. The van der Waals surface area contributed by atoms with Gasteiger partial charge in [-0.3, -0.25) is 0 Å². The molecule has 0 bridgehead atoms. The molecule has 0 fully saturated rings. The molecule has 0 saturated heterocycles. The largest absolute Gasteiger partial charge is 4.00 e. The van der Waals surface area contributed by atoms with E-state index in [9.17, 15) is 0 Å². The van der Waals surface area contributed by atoms with Gasteiger partial charge >= 0.3 is 88.9 Å². The van der Waals surface area contributed by atoms with Crippen LogP contribution in [0.4, 0.5) is 0 Å². The Kier molecular flexibility index (Phi) is 125. The van der Waals surface area contributed by atoms with Crippen molar-refractivity contribution in [1.29, 1.82) is 0 Å². The summed E-state index contributed by atoms with van der Waals surface area (Å²) in [6.45, 7) is 0. The first-order valence-electron chi connectivity index (χ1n) is 0. The second-order valence-corrected chi connectivity index (χ2v) is 0. The third-order valence-corrected chi connectivity index (χ3v) is 0. The van der Waals surface area contributed by atoms with Crippen molar-refractivity contribution in [3.05, 3.63) is 0 Å². The predicted molar refractivity (Wildman–Crippen MR) is 0.686 cm³/mol. The topological polar surface area (TPSA) is 28.5 Å². The molecule has 0 aliphatic rings. The van der Waals surface area contributed by atoms with Crippen LogP contribution in [0.1, 0.15) is 0 Å². The van der Waals surface area contributed by atoms with Crippen molar-refractivity contribution in [2.45, 2.75) is 0 Å². The molecule has 0 saturated carbocycles. The molecule has 4 heteroatoms. The maximum Gasteiger partial charge on any atom is 4.00 e. The predicted octanol–water partition coefficient (Wildman–Crippen LogP) is -3.12. The fourth-order valence-corrected chi connectivity index (χ4v) is 0. The first kappa shape index (κ1) is 29.3. The molecule has 0 aromatic carbocycles. The van der Waals surface area contributed by atoms with Crippen LogP contribution in [0.3, 0.4) is 0 Å². The quantitative estimate of drug-likeness (QED) is 0.378. The molecule has 0 amide bonds. The standard InChI is InChI=1S/K.Mo.Ni.O/q+1;+4;+2;-2. The van der Waals surface area contributed by atoms with Crippen molar-refractivity contribution in [3.63, 3.8) is 0 Å². The molecule has 18 valence electrons. The van der Waals surface area contributed by atoms with Gasteiger partial charge in [-0.15, -0.1) is 0 Å². The molecular weight excluding hydrogens is 210 g/mol. The van der Waals surface area contributed by atoms with E-state index >= 15 is 0 Å². The fraction of sp³-hybridized carbons (Fsp3) is 0. The summed E-state index contributed by atoms with van der Waals surface area (Å²) in [4.78, 5) is 0. The summed E-state index contributed by atoms with van der Waals surface area (Å²) < 4.78 is 0. The Bertz CT molecular complexity index is 8.00. The second kappa shape index (κ2) is 17.1. The summed E-state index contributed by atoms with van der Waals surface area (Å²) in [5.74, 6) is 0. The average Bonchev–Trinajstić information content (AvgIpc) is 0. The van der Waals surface area contributed by atoms with E-state index in [4.69, 9.17) is 0 Å². The van der Waals surface area contributed by atoms with Gasteiger partial charge in [-0.25, -0.2) is 0 Å². The molecule has 0 N–H and O–H groups in total. The minimum atomic E-state index is 0. The summed E-state index contributed by atoms with van der Waals surface area (Å²) in [7, 11) is 0. The van der Waals surface area contributed by atoms with Crippen molar-refractivity contribution in [2.75, 3.05) is 0 Å². The van der Waals surface area contributed by atoms with Crippen molar-refractivity contribution in [1.82, 2.24) is 0 Å². The smallest absolute Gasteiger partial charge is 2.00 e. The minimum absolute atomic E-state index is 0. The van der Waals surface area contributed by atoms with Crippen LogP contribution >= 0.6 is 0 Å². The molecule has 0 aromatic rings. The number of hydrogen-bond donors (Lipinski definition) is 0. The Morgan fingerprint density at radius 1 is 1.00 bits per heavy atom. The van der Waals surface area contributed by atoms with E-state index in [-0.39, 0.29) is 94.4 Å². The Labute approximate surface area is 92.2 Å². The molecule has 0 radical (unpaired) electrons. The van der Waals surface area contributed by atoms with Crippen LogP contribution in [0.5, 0.6) is 0 Å². The molecule has 0 heterocycles. The van der Waals surface area contributed by atoms with Gasteiger partial charge in [0, 0.05) is 0 Å². The molecule has 0 aromatic heterocycles. The van der Waals surface area contributed by atoms with E-state index in [0.29, 0.717) is 0 Å². The van der Waals surface area contributed by atoms with Crippen LogP contribution in [0.15, 0.2) is 0 Å². The summed E-state index contributed by atoms with van der Waals surface area (Å²) in [5, 5.41) is 0. The number of hydrogen-bond acceptors (Lipinski definition) is 0. The van der Waals surface area contributed by atoms with Gasteiger partial charge in [0.25, 0.3) is 0 Å². The maximum absolute atomic E-state index is 0. The zero-order valence-corrected chi connectivity index (χ0v) is 8.25. The van der Waals surface area contributed by atoms with Crippen LogP contribution in [-0.2, 0) is 43.0 Å². The first-order chi connectivity index (χ1) is 0. The molecule has 0 aliphatic carbocycles. The van der Waals surface area contributed by atoms with Crippen LogP contribution in [-0.4, -0.2) is 0 Å². The monoisotopic (exact) mass is 211 g/mol. The van der Waals surface area contributed by atoms with E-state index in [1.807, 2.05) is 0 Å². The summed E-state index contributed by atoms with van der Waals surface area (Å²) >= 11 is 0. The third kappa shape index (κ3) is 8.84. The Hall–Kier alpha value is 2.78. The Morgan fingerprint density at radius 3 is 1.00 bits per heavy atom. The van der Waals surface area contributed by atoms with Crippen molar-refractivity contribution >= 4 is 0 Å². The zero-order chi connectivity index (χ0) is 0. The van der Waals surface area contributed by atoms with Crippen LogP contribution in [0.2, 0.25) is 0 Å². The molecule has 0 atom stereocenters.